The number of methoxy groups -OCH3 is 2. The number of aromatic amines is 1. The summed E-state index contributed by atoms with van der Waals surface area (Å²) in [5.41, 5.74) is 1.98. The topological polar surface area (TPSA) is 84.5 Å². The van der Waals surface area contributed by atoms with E-state index in [-0.39, 0.29) is 18.0 Å². The Labute approximate surface area is 175 Å². The van der Waals surface area contributed by atoms with Crippen LogP contribution in [0.3, 0.4) is 0 Å². The van der Waals surface area contributed by atoms with E-state index in [9.17, 15) is 9.59 Å². The molecule has 0 aliphatic rings. The minimum absolute atomic E-state index is 0.108. The van der Waals surface area contributed by atoms with Gasteiger partial charge in [0.2, 0.25) is 0 Å². The third-order valence-electron chi connectivity index (χ3n) is 5.09. The number of carbonyl (C=O) groups excluding carboxylic acids is 1. The Kier molecular flexibility index (Phi) is 6.40. The third kappa shape index (κ3) is 4.30. The smallest absolute Gasteiger partial charge is 0.258 e. The monoisotopic (exact) mass is 409 g/mol. The Morgan fingerprint density at radius 3 is 2.30 bits per heavy atom. The Morgan fingerprint density at radius 2 is 1.73 bits per heavy atom. The van der Waals surface area contributed by atoms with Crippen LogP contribution in [-0.4, -0.2) is 41.5 Å². The van der Waals surface area contributed by atoms with Gasteiger partial charge in [0.15, 0.2) is 11.5 Å². The van der Waals surface area contributed by atoms with E-state index < -0.39 is 0 Å². The summed E-state index contributed by atoms with van der Waals surface area (Å²) in [4.78, 5) is 34.5. The van der Waals surface area contributed by atoms with Gasteiger partial charge in [-0.05, 0) is 36.6 Å². The molecule has 158 valence electrons. The van der Waals surface area contributed by atoms with Crippen molar-refractivity contribution in [3.05, 3.63) is 63.7 Å². The maximum Gasteiger partial charge on any atom is 0.258 e. The van der Waals surface area contributed by atoms with Crippen molar-refractivity contribution in [1.82, 2.24) is 14.9 Å². The van der Waals surface area contributed by atoms with Gasteiger partial charge in [0.25, 0.3) is 11.5 Å². The molecule has 0 atom stereocenters. The fourth-order valence-electron chi connectivity index (χ4n) is 3.29. The second-order valence-corrected chi connectivity index (χ2v) is 7.33. The van der Waals surface area contributed by atoms with Crippen molar-refractivity contribution < 1.29 is 14.3 Å². The van der Waals surface area contributed by atoms with E-state index in [1.165, 1.54) is 19.8 Å². The SMILES string of the molecule is CCN(Cc1nc2cc(OC)c(OC)cc2c(=O)[nH]1)C(=O)c1ccc(C(C)C)cc1. The highest BCUT2D eigenvalue weighted by atomic mass is 16.5. The largest absolute Gasteiger partial charge is 0.493 e. The predicted octanol–water partition coefficient (Wildman–Crippen LogP) is 3.73. The highest BCUT2D eigenvalue weighted by molar-refractivity contribution is 5.94. The average molecular weight is 409 g/mol. The molecule has 0 spiro atoms. The minimum atomic E-state index is -0.291. The number of hydrogen-bond acceptors (Lipinski definition) is 5. The molecule has 0 fully saturated rings. The van der Waals surface area contributed by atoms with Crippen LogP contribution in [0.4, 0.5) is 0 Å². The number of aromatic nitrogens is 2. The van der Waals surface area contributed by atoms with E-state index >= 15 is 0 Å². The lowest BCUT2D eigenvalue weighted by molar-refractivity contribution is 0.0748. The molecule has 1 aromatic heterocycles. The summed E-state index contributed by atoms with van der Waals surface area (Å²) >= 11 is 0. The number of nitrogens with one attached hydrogen (secondary N) is 1. The van der Waals surface area contributed by atoms with Gasteiger partial charge in [-0.3, -0.25) is 9.59 Å². The molecular formula is C23H27N3O4. The predicted molar refractivity (Wildman–Crippen MR) is 116 cm³/mol. The second kappa shape index (κ2) is 8.98. The van der Waals surface area contributed by atoms with Crippen LogP contribution < -0.4 is 15.0 Å². The molecule has 0 aliphatic carbocycles. The molecule has 1 amide bonds. The highest BCUT2D eigenvalue weighted by Gasteiger charge is 2.17. The fourth-order valence-corrected chi connectivity index (χ4v) is 3.29. The number of H-pyrrole nitrogens is 1. The maximum atomic E-state index is 13.0. The van der Waals surface area contributed by atoms with Gasteiger partial charge >= 0.3 is 0 Å². The van der Waals surface area contributed by atoms with Crippen molar-refractivity contribution in [2.24, 2.45) is 0 Å². The first kappa shape index (κ1) is 21.4. The molecule has 1 heterocycles. The number of benzene rings is 2. The van der Waals surface area contributed by atoms with Crippen LogP contribution in [0.5, 0.6) is 11.5 Å². The summed E-state index contributed by atoms with van der Waals surface area (Å²) in [7, 11) is 3.04. The molecule has 0 saturated heterocycles. The first-order valence-corrected chi connectivity index (χ1v) is 9.92. The van der Waals surface area contributed by atoms with Crippen LogP contribution in [0, 0.1) is 0 Å². The second-order valence-electron chi connectivity index (χ2n) is 7.33. The molecule has 0 bridgehead atoms. The van der Waals surface area contributed by atoms with E-state index in [2.05, 4.69) is 23.8 Å². The molecule has 30 heavy (non-hydrogen) atoms. The highest BCUT2D eigenvalue weighted by Crippen LogP contribution is 2.30. The summed E-state index contributed by atoms with van der Waals surface area (Å²) in [6.45, 7) is 6.80. The van der Waals surface area contributed by atoms with Gasteiger partial charge in [-0.25, -0.2) is 4.98 Å². The molecule has 2 aromatic carbocycles. The molecule has 1 N–H and O–H groups in total. The zero-order chi connectivity index (χ0) is 21.8. The first-order chi connectivity index (χ1) is 14.4. The molecular weight excluding hydrogens is 382 g/mol. The summed E-state index contributed by atoms with van der Waals surface area (Å²) in [6, 6.07) is 10.9. The van der Waals surface area contributed by atoms with Crippen LogP contribution in [0.1, 0.15) is 48.4 Å². The van der Waals surface area contributed by atoms with E-state index in [0.29, 0.717) is 46.3 Å². The maximum absolute atomic E-state index is 13.0. The molecule has 3 rings (SSSR count). The van der Waals surface area contributed by atoms with Gasteiger partial charge in [0.1, 0.15) is 5.82 Å². The fraction of sp³-hybridized carbons (Fsp3) is 0.348. The van der Waals surface area contributed by atoms with E-state index in [1.807, 2.05) is 31.2 Å². The summed E-state index contributed by atoms with van der Waals surface area (Å²) in [5, 5.41) is 0.398. The minimum Gasteiger partial charge on any atom is -0.493 e. The van der Waals surface area contributed by atoms with Gasteiger partial charge in [-0.1, -0.05) is 26.0 Å². The molecule has 7 nitrogen and oxygen atoms in total. The van der Waals surface area contributed by atoms with Crippen molar-refractivity contribution in [2.45, 2.75) is 33.2 Å². The van der Waals surface area contributed by atoms with Crippen LogP contribution in [0.2, 0.25) is 0 Å². The number of fused-ring (bicyclic) bond motifs is 1. The molecule has 7 heteroatoms. The van der Waals surface area contributed by atoms with Crippen LogP contribution in [0.25, 0.3) is 10.9 Å². The Balaban J connectivity index is 1.90. The molecule has 0 saturated carbocycles. The number of rotatable bonds is 7. The summed E-state index contributed by atoms with van der Waals surface area (Å²) < 4.78 is 10.6. The standard InChI is InChI=1S/C23H27N3O4/c1-6-26(23(28)16-9-7-15(8-10-16)14(2)3)13-21-24-18-12-20(30-5)19(29-4)11-17(18)22(27)25-21/h7-12,14H,6,13H2,1-5H3,(H,24,25,27). The molecule has 3 aromatic rings. The Bertz CT molecular complexity index is 1100. The number of ether oxygens (including phenoxy) is 2. The van der Waals surface area contributed by atoms with Gasteiger partial charge < -0.3 is 19.4 Å². The van der Waals surface area contributed by atoms with Crippen molar-refractivity contribution in [3.8, 4) is 11.5 Å². The number of nitrogens with zero attached hydrogens (tertiary/aromatic N) is 2. The van der Waals surface area contributed by atoms with E-state index in [4.69, 9.17) is 9.47 Å². The summed E-state index contributed by atoms with van der Waals surface area (Å²) in [6.07, 6.45) is 0. The van der Waals surface area contributed by atoms with Gasteiger partial charge in [-0.2, -0.15) is 0 Å². The van der Waals surface area contributed by atoms with Crippen molar-refractivity contribution >= 4 is 16.8 Å². The van der Waals surface area contributed by atoms with Crippen molar-refractivity contribution in [2.75, 3.05) is 20.8 Å². The Morgan fingerprint density at radius 1 is 1.10 bits per heavy atom. The zero-order valence-corrected chi connectivity index (χ0v) is 18.0. The number of hydrogen-bond donors (Lipinski definition) is 1. The first-order valence-electron chi connectivity index (χ1n) is 9.92. The van der Waals surface area contributed by atoms with Gasteiger partial charge in [0.05, 0.1) is 31.7 Å². The van der Waals surface area contributed by atoms with E-state index in [1.54, 1.807) is 17.0 Å². The molecule has 0 radical (unpaired) electrons. The van der Waals surface area contributed by atoms with Crippen LogP contribution in [0.15, 0.2) is 41.2 Å². The summed E-state index contributed by atoms with van der Waals surface area (Å²) in [5.74, 6) is 1.65. The van der Waals surface area contributed by atoms with Crippen molar-refractivity contribution in [1.29, 1.82) is 0 Å². The lowest BCUT2D eigenvalue weighted by atomic mass is 10.0. The van der Waals surface area contributed by atoms with Gasteiger partial charge in [-0.15, -0.1) is 0 Å². The van der Waals surface area contributed by atoms with Gasteiger partial charge in [0, 0.05) is 18.2 Å². The quantitative estimate of drug-likeness (QED) is 0.643. The zero-order valence-electron chi connectivity index (χ0n) is 18.0. The third-order valence-corrected chi connectivity index (χ3v) is 5.09. The number of carbonyl (C=O) groups is 1. The molecule has 0 aliphatic heterocycles. The Hall–Kier alpha value is -3.35. The van der Waals surface area contributed by atoms with Crippen LogP contribution in [-0.2, 0) is 6.54 Å². The lowest BCUT2D eigenvalue weighted by Gasteiger charge is -2.21. The van der Waals surface area contributed by atoms with Crippen LogP contribution >= 0.6 is 0 Å². The lowest BCUT2D eigenvalue weighted by Crippen LogP contribution is -2.32. The van der Waals surface area contributed by atoms with Crippen molar-refractivity contribution in [3.63, 3.8) is 0 Å². The molecule has 0 unspecified atom stereocenters. The number of amides is 1. The normalized spacial score (nSPS) is 11.0. The van der Waals surface area contributed by atoms with E-state index in [0.717, 1.165) is 0 Å². The average Bonchev–Trinajstić information content (AvgIpc) is 2.76.